The molecular weight excluding hydrogens is 372 g/mol. The van der Waals surface area contributed by atoms with Crippen molar-refractivity contribution in [2.75, 3.05) is 0 Å². The van der Waals surface area contributed by atoms with E-state index < -0.39 is 10.0 Å². The van der Waals surface area contributed by atoms with Gasteiger partial charge < -0.3 is 4.74 Å². The van der Waals surface area contributed by atoms with E-state index in [4.69, 9.17) is 10.00 Å². The van der Waals surface area contributed by atoms with Crippen molar-refractivity contribution < 1.29 is 13.2 Å². The molecule has 1 saturated carbocycles. The van der Waals surface area contributed by atoms with Gasteiger partial charge in [0.2, 0.25) is 15.7 Å². The number of sulfonamides is 1. The molecule has 7 nitrogen and oxygen atoms in total. The minimum absolute atomic E-state index is 0.0898. The molecule has 2 aromatic rings. The maximum atomic E-state index is 12.5. The summed E-state index contributed by atoms with van der Waals surface area (Å²) in [5.41, 5.74) is 0.166. The zero-order chi connectivity index (χ0) is 18.6. The van der Waals surface area contributed by atoms with Gasteiger partial charge in [0, 0.05) is 23.3 Å². The van der Waals surface area contributed by atoms with Crippen molar-refractivity contribution in [3.63, 3.8) is 0 Å². The molecule has 1 aliphatic rings. The molecule has 0 aliphatic heterocycles. The molecular formula is C17H20N4O3S2. The van der Waals surface area contributed by atoms with Crippen LogP contribution in [0.5, 0.6) is 5.88 Å². The van der Waals surface area contributed by atoms with E-state index in [2.05, 4.69) is 14.7 Å². The molecule has 3 rings (SSSR count). The number of nitriles is 1. The van der Waals surface area contributed by atoms with Crippen LogP contribution in [0.25, 0.3) is 0 Å². The lowest BCUT2D eigenvalue weighted by Gasteiger charge is -2.28. The second-order valence-electron chi connectivity index (χ2n) is 6.11. The van der Waals surface area contributed by atoms with Gasteiger partial charge in [-0.25, -0.2) is 23.1 Å². The first-order valence-corrected chi connectivity index (χ1v) is 10.8. The first kappa shape index (κ1) is 18.8. The number of nitrogens with one attached hydrogen (secondary N) is 1. The predicted octanol–water partition coefficient (Wildman–Crippen LogP) is 2.64. The van der Waals surface area contributed by atoms with Crippen LogP contribution in [0.2, 0.25) is 0 Å². The second-order valence-corrected chi connectivity index (χ2v) is 9.22. The second kappa shape index (κ2) is 8.12. The van der Waals surface area contributed by atoms with Gasteiger partial charge >= 0.3 is 0 Å². The average molecular weight is 393 g/mol. The Labute approximate surface area is 157 Å². The van der Waals surface area contributed by atoms with Crippen LogP contribution in [-0.4, -0.2) is 30.5 Å². The third kappa shape index (κ3) is 4.38. The number of aromatic nitrogens is 2. The summed E-state index contributed by atoms with van der Waals surface area (Å²) >= 11 is 1.31. The summed E-state index contributed by atoms with van der Waals surface area (Å²) < 4.78 is 34.0. The lowest BCUT2D eigenvalue weighted by molar-refractivity contribution is 0.137. The highest BCUT2D eigenvalue weighted by Crippen LogP contribution is 2.27. The molecule has 0 radical (unpaired) electrons. The molecule has 2 heterocycles. The molecule has 26 heavy (non-hydrogen) atoms. The van der Waals surface area contributed by atoms with Crippen molar-refractivity contribution in [3.8, 4) is 11.9 Å². The molecule has 0 aromatic carbocycles. The normalized spacial score (nSPS) is 20.5. The third-order valence-electron chi connectivity index (χ3n) is 4.30. The zero-order valence-electron chi connectivity index (χ0n) is 14.4. The van der Waals surface area contributed by atoms with Crippen molar-refractivity contribution >= 4 is 21.4 Å². The Kier molecular flexibility index (Phi) is 5.86. The first-order chi connectivity index (χ1) is 12.5. The summed E-state index contributed by atoms with van der Waals surface area (Å²) in [5, 5.41) is 9.04. The minimum Gasteiger partial charge on any atom is -0.472 e. The maximum Gasteiger partial charge on any atom is 0.251 e. The number of hydrogen-bond acceptors (Lipinski definition) is 7. The highest BCUT2D eigenvalue weighted by Gasteiger charge is 2.28. The fourth-order valence-electron chi connectivity index (χ4n) is 2.91. The van der Waals surface area contributed by atoms with E-state index in [-0.39, 0.29) is 23.7 Å². The minimum atomic E-state index is -3.47. The standard InChI is InChI=1S/C17H20N4O3S2/c1-2-14-7-8-16(25-14)26(22,23)21-12-3-5-13(6-4-12)24-17-15(11-18)19-9-10-20-17/h7-10,12-13,21H,2-6H2,1H3. The smallest absolute Gasteiger partial charge is 0.251 e. The molecule has 2 aromatic heterocycles. The van der Waals surface area contributed by atoms with Crippen LogP contribution in [0.1, 0.15) is 43.2 Å². The predicted molar refractivity (Wildman–Crippen MR) is 97.4 cm³/mol. The molecule has 138 valence electrons. The topological polar surface area (TPSA) is 105 Å². The highest BCUT2D eigenvalue weighted by molar-refractivity contribution is 7.91. The number of ether oxygens (including phenoxy) is 1. The van der Waals surface area contributed by atoms with E-state index in [1.165, 1.54) is 23.7 Å². The molecule has 1 fully saturated rings. The van der Waals surface area contributed by atoms with E-state index in [1.807, 2.05) is 19.1 Å². The van der Waals surface area contributed by atoms with Crippen LogP contribution < -0.4 is 9.46 Å². The molecule has 1 N–H and O–H groups in total. The fraction of sp³-hybridized carbons (Fsp3) is 0.471. The monoisotopic (exact) mass is 392 g/mol. The van der Waals surface area contributed by atoms with Gasteiger partial charge in [0.15, 0.2) is 0 Å². The Hall–Kier alpha value is -2.02. The van der Waals surface area contributed by atoms with Crippen molar-refractivity contribution in [2.24, 2.45) is 0 Å². The van der Waals surface area contributed by atoms with Crippen LogP contribution in [0.4, 0.5) is 0 Å². The summed E-state index contributed by atoms with van der Waals surface area (Å²) in [6.07, 6.45) is 6.42. The van der Waals surface area contributed by atoms with Crippen LogP contribution in [0.3, 0.4) is 0 Å². The fourth-order valence-corrected chi connectivity index (χ4v) is 5.53. The largest absolute Gasteiger partial charge is 0.472 e. The van der Waals surface area contributed by atoms with Crippen molar-refractivity contribution in [2.45, 2.75) is 55.4 Å². The quantitative estimate of drug-likeness (QED) is 0.810. The number of hydrogen-bond donors (Lipinski definition) is 1. The maximum absolute atomic E-state index is 12.5. The summed E-state index contributed by atoms with van der Waals surface area (Å²) in [6, 6.07) is 5.38. The lowest BCUT2D eigenvalue weighted by Crippen LogP contribution is -2.39. The number of thiophene rings is 1. The van der Waals surface area contributed by atoms with Gasteiger partial charge in [-0.3, -0.25) is 0 Å². The Bertz CT molecular complexity index is 897. The van der Waals surface area contributed by atoms with Crippen molar-refractivity contribution in [1.82, 2.24) is 14.7 Å². The number of nitrogens with zero attached hydrogens (tertiary/aromatic N) is 3. The van der Waals surface area contributed by atoms with Gasteiger partial charge in [-0.1, -0.05) is 6.92 Å². The molecule has 0 spiro atoms. The number of aryl methyl sites for hydroxylation is 1. The average Bonchev–Trinajstić information content (AvgIpc) is 3.14. The highest BCUT2D eigenvalue weighted by atomic mass is 32.2. The van der Waals surface area contributed by atoms with Crippen LogP contribution in [0, 0.1) is 11.3 Å². The van der Waals surface area contributed by atoms with E-state index in [1.54, 1.807) is 6.07 Å². The van der Waals surface area contributed by atoms with E-state index in [0.717, 1.165) is 11.3 Å². The summed E-state index contributed by atoms with van der Waals surface area (Å²) in [7, 11) is -3.47. The molecule has 0 amide bonds. The van der Waals surface area contributed by atoms with Gasteiger partial charge in [-0.15, -0.1) is 11.3 Å². The zero-order valence-corrected chi connectivity index (χ0v) is 16.0. The third-order valence-corrected chi connectivity index (χ3v) is 7.54. The van der Waals surface area contributed by atoms with Gasteiger partial charge in [0.05, 0.1) is 0 Å². The van der Waals surface area contributed by atoms with Gasteiger partial charge in [-0.05, 0) is 44.2 Å². The Morgan fingerprint density at radius 3 is 2.65 bits per heavy atom. The molecule has 0 saturated heterocycles. The van der Waals surface area contributed by atoms with Gasteiger partial charge in [0.25, 0.3) is 5.88 Å². The summed E-state index contributed by atoms with van der Waals surface area (Å²) in [6.45, 7) is 2.01. The van der Waals surface area contributed by atoms with Crippen LogP contribution in [0.15, 0.2) is 28.7 Å². The van der Waals surface area contributed by atoms with E-state index >= 15 is 0 Å². The van der Waals surface area contributed by atoms with E-state index in [0.29, 0.717) is 29.9 Å². The molecule has 1 aliphatic carbocycles. The van der Waals surface area contributed by atoms with E-state index in [9.17, 15) is 8.42 Å². The summed E-state index contributed by atoms with van der Waals surface area (Å²) in [4.78, 5) is 9.04. The Morgan fingerprint density at radius 2 is 2.00 bits per heavy atom. The lowest BCUT2D eigenvalue weighted by atomic mass is 9.94. The molecule has 0 atom stereocenters. The molecule has 0 bridgehead atoms. The molecule has 9 heteroatoms. The van der Waals surface area contributed by atoms with Crippen LogP contribution >= 0.6 is 11.3 Å². The SMILES string of the molecule is CCc1ccc(S(=O)(=O)NC2CCC(Oc3nccnc3C#N)CC2)s1. The Morgan fingerprint density at radius 1 is 1.27 bits per heavy atom. The first-order valence-electron chi connectivity index (χ1n) is 8.50. The summed E-state index contributed by atoms with van der Waals surface area (Å²) in [5.74, 6) is 0.240. The molecule has 0 unspecified atom stereocenters. The Balaban J connectivity index is 1.56. The van der Waals surface area contributed by atoms with Crippen LogP contribution in [-0.2, 0) is 16.4 Å². The number of rotatable bonds is 6. The van der Waals surface area contributed by atoms with Gasteiger partial charge in [0.1, 0.15) is 16.4 Å². The van der Waals surface area contributed by atoms with Crippen molar-refractivity contribution in [1.29, 1.82) is 5.26 Å². The van der Waals surface area contributed by atoms with Gasteiger partial charge in [-0.2, -0.15) is 5.26 Å². The van der Waals surface area contributed by atoms with Crippen molar-refractivity contribution in [3.05, 3.63) is 35.1 Å².